The lowest BCUT2D eigenvalue weighted by atomic mass is 9.95. The molecule has 4 rings (SSSR count). The highest BCUT2D eigenvalue weighted by Gasteiger charge is 2.16. The fourth-order valence-corrected chi connectivity index (χ4v) is 3.23. The van der Waals surface area contributed by atoms with E-state index in [-0.39, 0.29) is 0 Å². The molecule has 0 radical (unpaired) electrons. The second-order valence-electron chi connectivity index (χ2n) is 7.26. The fourth-order valence-electron chi connectivity index (χ4n) is 3.23. The van der Waals surface area contributed by atoms with Gasteiger partial charge in [0.2, 0.25) is 0 Å². The van der Waals surface area contributed by atoms with Gasteiger partial charge in [-0.25, -0.2) is 0 Å². The van der Waals surface area contributed by atoms with Crippen LogP contribution < -0.4 is 5.73 Å². The van der Waals surface area contributed by atoms with E-state index < -0.39 is 5.54 Å². The topological polar surface area (TPSA) is 69.6 Å². The number of rotatable bonds is 4. The molecule has 27 heavy (non-hydrogen) atoms. The molecule has 3 aromatic heterocycles. The summed E-state index contributed by atoms with van der Waals surface area (Å²) < 4.78 is 1.99. The lowest BCUT2D eigenvalue weighted by Crippen LogP contribution is -2.28. The van der Waals surface area contributed by atoms with E-state index in [1.807, 2.05) is 43.1 Å². The number of aryl methyl sites for hydroxylation is 1. The maximum atomic E-state index is 6.23. The van der Waals surface area contributed by atoms with Crippen molar-refractivity contribution in [1.29, 1.82) is 0 Å². The highest BCUT2D eigenvalue weighted by Crippen LogP contribution is 2.29. The maximum absolute atomic E-state index is 6.23. The van der Waals surface area contributed by atoms with Gasteiger partial charge in [-0.05, 0) is 50.6 Å². The number of hydrogen-bond acceptors (Lipinski definition) is 4. The third-order valence-electron chi connectivity index (χ3n) is 4.77. The molecule has 0 saturated carbocycles. The number of hydrogen-bond donors (Lipinski definition) is 1. The Morgan fingerprint density at radius 3 is 2.41 bits per heavy atom. The molecule has 136 valence electrons. The molecular weight excluding hydrogens is 334 g/mol. The number of benzene rings is 1. The van der Waals surface area contributed by atoms with Gasteiger partial charge in [0.1, 0.15) is 11.2 Å². The van der Waals surface area contributed by atoms with Crippen molar-refractivity contribution in [3.8, 4) is 22.5 Å². The van der Waals surface area contributed by atoms with Gasteiger partial charge in [0.15, 0.2) is 0 Å². The summed E-state index contributed by atoms with van der Waals surface area (Å²) in [6.07, 6.45) is 3.62. The molecule has 0 bridgehead atoms. The lowest BCUT2D eigenvalue weighted by molar-refractivity contribution is 0.554. The van der Waals surface area contributed by atoms with Crippen molar-refractivity contribution in [3.63, 3.8) is 0 Å². The molecule has 4 aromatic rings. The molecule has 0 aliphatic rings. The van der Waals surface area contributed by atoms with Crippen LogP contribution in [0.25, 0.3) is 33.5 Å². The van der Waals surface area contributed by atoms with Crippen molar-refractivity contribution in [3.05, 3.63) is 66.5 Å². The molecule has 5 nitrogen and oxygen atoms in total. The Morgan fingerprint density at radius 1 is 0.963 bits per heavy atom. The van der Waals surface area contributed by atoms with Gasteiger partial charge in [0.25, 0.3) is 0 Å². The van der Waals surface area contributed by atoms with E-state index in [1.54, 1.807) is 0 Å². The summed E-state index contributed by atoms with van der Waals surface area (Å²) in [5, 5.41) is 4.75. The Kier molecular flexibility index (Phi) is 4.24. The molecule has 0 unspecified atom stereocenters. The summed E-state index contributed by atoms with van der Waals surface area (Å²) in [5.41, 5.74) is 12.8. The Hall–Kier alpha value is -3.05. The molecule has 0 fully saturated rings. The van der Waals surface area contributed by atoms with Gasteiger partial charge in [-0.1, -0.05) is 24.3 Å². The molecule has 5 heteroatoms. The molecule has 0 aliphatic carbocycles. The van der Waals surface area contributed by atoms with Crippen LogP contribution in [-0.4, -0.2) is 19.7 Å². The van der Waals surface area contributed by atoms with Crippen LogP contribution in [0.4, 0.5) is 0 Å². The van der Waals surface area contributed by atoms with E-state index in [0.717, 1.165) is 45.7 Å². The summed E-state index contributed by atoms with van der Waals surface area (Å²) in [5.74, 6) is 0. The lowest BCUT2D eigenvalue weighted by Gasteiger charge is -2.19. The largest absolute Gasteiger partial charge is 0.322 e. The predicted molar refractivity (Wildman–Crippen MR) is 109 cm³/mol. The number of aromatic nitrogens is 4. The van der Waals surface area contributed by atoms with E-state index >= 15 is 0 Å². The first kappa shape index (κ1) is 17.4. The highest BCUT2D eigenvalue weighted by molar-refractivity contribution is 5.90. The van der Waals surface area contributed by atoms with Crippen molar-refractivity contribution in [1.82, 2.24) is 19.7 Å². The monoisotopic (exact) mass is 357 g/mol. The first-order valence-corrected chi connectivity index (χ1v) is 9.15. The summed E-state index contributed by atoms with van der Waals surface area (Å²) in [4.78, 5) is 9.04. The normalized spacial score (nSPS) is 11.9. The van der Waals surface area contributed by atoms with Gasteiger partial charge in [0, 0.05) is 35.6 Å². The van der Waals surface area contributed by atoms with E-state index in [0.29, 0.717) is 0 Å². The van der Waals surface area contributed by atoms with Crippen molar-refractivity contribution < 1.29 is 0 Å². The van der Waals surface area contributed by atoms with E-state index in [4.69, 9.17) is 10.8 Å². The van der Waals surface area contributed by atoms with Crippen LogP contribution in [0.3, 0.4) is 0 Å². The molecule has 0 amide bonds. The van der Waals surface area contributed by atoms with Crippen LogP contribution >= 0.6 is 0 Å². The van der Waals surface area contributed by atoms with Crippen molar-refractivity contribution in [2.75, 3.05) is 0 Å². The standard InChI is InChI=1S/C22H23N5/c1-4-27-19-6-5-12-25-21(19)20(26-27)16-9-7-15(8-10-16)18-14-17(11-13-24-18)22(2,3)23/h5-14H,4,23H2,1-3H3. The highest BCUT2D eigenvalue weighted by atomic mass is 15.3. The second kappa shape index (κ2) is 6.59. The first-order chi connectivity index (χ1) is 13.0. The van der Waals surface area contributed by atoms with Crippen LogP contribution in [0, 0.1) is 0 Å². The van der Waals surface area contributed by atoms with Crippen LogP contribution in [0.1, 0.15) is 26.3 Å². The van der Waals surface area contributed by atoms with Gasteiger partial charge in [0.05, 0.1) is 11.2 Å². The Balaban J connectivity index is 1.74. The number of nitrogens with two attached hydrogens (primary N) is 1. The average Bonchev–Trinajstić information content (AvgIpc) is 3.06. The van der Waals surface area contributed by atoms with Crippen LogP contribution in [0.15, 0.2) is 60.9 Å². The van der Waals surface area contributed by atoms with Crippen molar-refractivity contribution in [2.45, 2.75) is 32.9 Å². The SMILES string of the molecule is CCn1nc(-c2ccc(-c3cc(C(C)(C)N)ccn3)cc2)c2ncccc21. The van der Waals surface area contributed by atoms with Gasteiger partial charge in [-0.3, -0.25) is 14.6 Å². The number of fused-ring (bicyclic) bond motifs is 1. The zero-order chi connectivity index (χ0) is 19.0. The smallest absolute Gasteiger partial charge is 0.119 e. The minimum Gasteiger partial charge on any atom is -0.322 e. The maximum Gasteiger partial charge on any atom is 0.119 e. The van der Waals surface area contributed by atoms with Crippen LogP contribution in [0.2, 0.25) is 0 Å². The average molecular weight is 357 g/mol. The van der Waals surface area contributed by atoms with E-state index in [2.05, 4.69) is 53.3 Å². The third-order valence-corrected chi connectivity index (χ3v) is 4.77. The summed E-state index contributed by atoms with van der Waals surface area (Å²) in [6, 6.07) is 16.3. The van der Waals surface area contributed by atoms with Gasteiger partial charge >= 0.3 is 0 Å². The molecule has 2 N–H and O–H groups in total. The summed E-state index contributed by atoms with van der Waals surface area (Å²) in [6.45, 7) is 6.89. The molecule has 1 aromatic carbocycles. The zero-order valence-electron chi connectivity index (χ0n) is 15.8. The summed E-state index contributed by atoms with van der Waals surface area (Å²) >= 11 is 0. The zero-order valence-corrected chi connectivity index (χ0v) is 15.8. The second-order valence-corrected chi connectivity index (χ2v) is 7.26. The molecule has 0 atom stereocenters. The first-order valence-electron chi connectivity index (χ1n) is 9.15. The van der Waals surface area contributed by atoms with Crippen molar-refractivity contribution in [2.24, 2.45) is 5.73 Å². The fraction of sp³-hybridized carbons (Fsp3) is 0.227. The molecule has 3 heterocycles. The quantitative estimate of drug-likeness (QED) is 0.589. The van der Waals surface area contributed by atoms with Gasteiger partial charge < -0.3 is 5.73 Å². The Bertz CT molecular complexity index is 1090. The van der Waals surface area contributed by atoms with Gasteiger partial charge in [-0.15, -0.1) is 0 Å². The van der Waals surface area contributed by atoms with Crippen LogP contribution in [-0.2, 0) is 12.1 Å². The third kappa shape index (κ3) is 3.22. The predicted octanol–water partition coefficient (Wildman–Crippen LogP) is 4.37. The van der Waals surface area contributed by atoms with E-state index in [9.17, 15) is 0 Å². The Morgan fingerprint density at radius 2 is 1.70 bits per heavy atom. The molecule has 0 saturated heterocycles. The minimum atomic E-state index is -0.394. The number of nitrogens with zero attached hydrogens (tertiary/aromatic N) is 4. The van der Waals surface area contributed by atoms with Gasteiger partial charge in [-0.2, -0.15) is 5.10 Å². The van der Waals surface area contributed by atoms with Crippen molar-refractivity contribution >= 4 is 11.0 Å². The van der Waals surface area contributed by atoms with E-state index in [1.165, 1.54) is 0 Å². The van der Waals surface area contributed by atoms with Crippen LogP contribution in [0.5, 0.6) is 0 Å². The molecule has 0 spiro atoms. The molecular formula is C22H23N5. The Labute approximate surface area is 158 Å². The molecule has 0 aliphatic heterocycles. The minimum absolute atomic E-state index is 0.394. The summed E-state index contributed by atoms with van der Waals surface area (Å²) in [7, 11) is 0. The number of pyridine rings is 2.